The van der Waals surface area contributed by atoms with Crippen LogP contribution in [0.25, 0.3) is 0 Å². The highest BCUT2D eigenvalue weighted by Crippen LogP contribution is 2.55. The van der Waals surface area contributed by atoms with Gasteiger partial charge in [0.1, 0.15) is 0 Å². The first-order chi connectivity index (χ1) is 10.6. The molecule has 0 bridgehead atoms. The van der Waals surface area contributed by atoms with E-state index in [2.05, 4.69) is 74.1 Å². The molecule has 2 aliphatic rings. The van der Waals surface area contributed by atoms with Gasteiger partial charge in [0.25, 0.3) is 0 Å². The highest BCUT2D eigenvalue weighted by Gasteiger charge is 2.55. The van der Waals surface area contributed by atoms with Crippen molar-refractivity contribution in [1.29, 1.82) is 0 Å². The van der Waals surface area contributed by atoms with Crippen molar-refractivity contribution >= 4 is 22.6 Å². The fraction of sp³-hybridized carbons (Fsp3) is 1.00. The van der Waals surface area contributed by atoms with E-state index >= 15 is 0 Å². The van der Waals surface area contributed by atoms with Crippen molar-refractivity contribution in [2.45, 2.75) is 50.6 Å². The number of rotatable bonds is 4. The van der Waals surface area contributed by atoms with Gasteiger partial charge in [-0.15, -0.1) is 0 Å². The SMILES string of the molecule is CC(C)C1C(ON)C(C)(I)CC(CN2CCN(C)CC2)C1(C)C. The first kappa shape index (κ1) is 19.9. The Bertz CT molecular complexity index is 392. The summed E-state index contributed by atoms with van der Waals surface area (Å²) >= 11 is 2.60. The molecule has 23 heavy (non-hydrogen) atoms. The summed E-state index contributed by atoms with van der Waals surface area (Å²) in [6.45, 7) is 17.8. The lowest BCUT2D eigenvalue weighted by Crippen LogP contribution is -2.60. The van der Waals surface area contributed by atoms with Gasteiger partial charge in [0.15, 0.2) is 0 Å². The van der Waals surface area contributed by atoms with Gasteiger partial charge in [-0.2, -0.15) is 0 Å². The van der Waals surface area contributed by atoms with Crippen molar-refractivity contribution in [1.82, 2.24) is 9.80 Å². The van der Waals surface area contributed by atoms with Crippen LogP contribution in [-0.2, 0) is 4.84 Å². The average Bonchev–Trinajstić information content (AvgIpc) is 2.43. The lowest BCUT2D eigenvalue weighted by molar-refractivity contribution is -0.123. The third-order valence-corrected chi connectivity index (χ3v) is 7.47. The van der Waals surface area contributed by atoms with E-state index in [1.54, 1.807) is 0 Å². The second-order valence-electron chi connectivity index (χ2n) is 8.93. The Morgan fingerprint density at radius 3 is 2.22 bits per heavy atom. The van der Waals surface area contributed by atoms with Crippen LogP contribution in [0.5, 0.6) is 0 Å². The van der Waals surface area contributed by atoms with Gasteiger partial charge in [-0.3, -0.25) is 4.84 Å². The van der Waals surface area contributed by atoms with Gasteiger partial charge in [-0.25, -0.2) is 5.90 Å². The molecule has 5 heteroatoms. The Balaban J connectivity index is 2.18. The normalized spacial score (nSPS) is 39.8. The smallest absolute Gasteiger partial charge is 0.0965 e. The predicted molar refractivity (Wildman–Crippen MR) is 106 cm³/mol. The van der Waals surface area contributed by atoms with Crippen LogP contribution in [0, 0.1) is 23.2 Å². The number of nitrogens with zero attached hydrogens (tertiary/aromatic N) is 2. The van der Waals surface area contributed by atoms with Gasteiger partial charge in [-0.05, 0) is 43.6 Å². The molecule has 1 saturated carbocycles. The highest BCUT2D eigenvalue weighted by molar-refractivity contribution is 14.1. The molecule has 136 valence electrons. The lowest BCUT2D eigenvalue weighted by Gasteiger charge is -2.56. The monoisotopic (exact) mass is 437 g/mol. The Labute approximate surface area is 156 Å². The third-order valence-electron chi connectivity index (χ3n) is 6.42. The summed E-state index contributed by atoms with van der Waals surface area (Å²) in [5.41, 5.74) is 0.242. The van der Waals surface area contributed by atoms with E-state index in [0.717, 1.165) is 0 Å². The third kappa shape index (κ3) is 4.22. The molecule has 0 radical (unpaired) electrons. The maximum atomic E-state index is 5.75. The van der Waals surface area contributed by atoms with Crippen LogP contribution >= 0.6 is 22.6 Å². The van der Waals surface area contributed by atoms with Gasteiger partial charge in [0.05, 0.1) is 6.10 Å². The minimum atomic E-state index is 0.105. The van der Waals surface area contributed by atoms with Gasteiger partial charge in [0.2, 0.25) is 0 Å². The summed E-state index contributed by atoms with van der Waals surface area (Å²) in [4.78, 5) is 10.6. The van der Waals surface area contributed by atoms with Crippen molar-refractivity contribution in [2.75, 3.05) is 39.8 Å². The number of hydrogen-bond donors (Lipinski definition) is 1. The molecule has 0 amide bonds. The number of piperazine rings is 1. The summed E-state index contributed by atoms with van der Waals surface area (Å²) in [6.07, 6.45) is 1.31. The van der Waals surface area contributed by atoms with Gasteiger partial charge in [-0.1, -0.05) is 50.3 Å². The fourth-order valence-electron chi connectivity index (χ4n) is 4.97. The van der Waals surface area contributed by atoms with Crippen LogP contribution in [-0.4, -0.2) is 59.1 Å². The molecule has 1 aliphatic heterocycles. The van der Waals surface area contributed by atoms with E-state index in [-0.39, 0.29) is 14.9 Å². The van der Waals surface area contributed by atoms with Crippen LogP contribution in [0.3, 0.4) is 0 Å². The molecule has 1 saturated heterocycles. The second kappa shape index (κ2) is 7.44. The lowest BCUT2D eigenvalue weighted by atomic mass is 9.55. The van der Waals surface area contributed by atoms with Gasteiger partial charge >= 0.3 is 0 Å². The highest BCUT2D eigenvalue weighted by atomic mass is 127. The van der Waals surface area contributed by atoms with Crippen LogP contribution in [0.2, 0.25) is 0 Å². The first-order valence-corrected chi connectivity index (χ1v) is 10.1. The zero-order valence-corrected chi connectivity index (χ0v) is 18.0. The number of likely N-dealkylation sites (N-methyl/N-ethyl adjacent to an activating group) is 1. The zero-order chi connectivity index (χ0) is 17.4. The molecule has 1 aliphatic carbocycles. The van der Waals surface area contributed by atoms with Crippen molar-refractivity contribution < 1.29 is 4.84 Å². The van der Waals surface area contributed by atoms with E-state index in [1.165, 1.54) is 39.1 Å². The number of alkyl halides is 1. The Morgan fingerprint density at radius 2 is 1.74 bits per heavy atom. The van der Waals surface area contributed by atoms with Crippen molar-refractivity contribution in [3.8, 4) is 0 Å². The van der Waals surface area contributed by atoms with Crippen LogP contribution in [0.15, 0.2) is 0 Å². The second-order valence-corrected chi connectivity index (χ2v) is 11.4. The molecule has 2 fully saturated rings. The molecular formula is C18H36IN3O. The first-order valence-electron chi connectivity index (χ1n) is 9.05. The van der Waals surface area contributed by atoms with Crippen molar-refractivity contribution in [2.24, 2.45) is 29.1 Å². The quantitative estimate of drug-likeness (QED) is 0.417. The molecule has 4 nitrogen and oxygen atoms in total. The minimum absolute atomic E-state index is 0.105. The topological polar surface area (TPSA) is 41.7 Å². The maximum Gasteiger partial charge on any atom is 0.0965 e. The summed E-state index contributed by atoms with van der Waals surface area (Å²) in [6, 6.07) is 0. The fourth-order valence-corrected chi connectivity index (χ4v) is 6.04. The summed E-state index contributed by atoms with van der Waals surface area (Å²) in [7, 11) is 2.22. The summed E-state index contributed by atoms with van der Waals surface area (Å²) in [5, 5.41) is 0. The Kier molecular flexibility index (Phi) is 6.43. The van der Waals surface area contributed by atoms with E-state index in [9.17, 15) is 0 Å². The minimum Gasteiger partial charge on any atom is -0.304 e. The van der Waals surface area contributed by atoms with E-state index < -0.39 is 0 Å². The van der Waals surface area contributed by atoms with Crippen molar-refractivity contribution in [3.63, 3.8) is 0 Å². The molecule has 2 rings (SSSR count). The molecule has 1 heterocycles. The van der Waals surface area contributed by atoms with Gasteiger partial charge < -0.3 is 9.80 Å². The van der Waals surface area contributed by atoms with E-state index in [0.29, 0.717) is 17.8 Å². The average molecular weight is 437 g/mol. The predicted octanol–water partition coefficient (Wildman–Crippen LogP) is 3.00. The standard InChI is InChI=1S/C18H36IN3O/c1-13(2)15-16(23-20)18(5,19)11-14(17(15,3)4)12-22-9-7-21(6)8-10-22/h13-16H,7-12,20H2,1-6H3. The Morgan fingerprint density at radius 1 is 1.17 bits per heavy atom. The molecule has 2 N–H and O–H groups in total. The zero-order valence-electron chi connectivity index (χ0n) is 15.8. The molecule has 0 aromatic rings. The summed E-state index contributed by atoms with van der Waals surface area (Å²) < 4.78 is 0.105. The molecule has 4 unspecified atom stereocenters. The number of hydrogen-bond acceptors (Lipinski definition) is 4. The molecule has 0 aromatic carbocycles. The van der Waals surface area contributed by atoms with E-state index in [1.807, 2.05) is 0 Å². The molecule has 4 atom stereocenters. The Hall–Kier alpha value is 0.570. The maximum absolute atomic E-state index is 5.75. The number of nitrogens with two attached hydrogens (primary N) is 1. The molecular weight excluding hydrogens is 401 g/mol. The molecule has 0 aromatic heterocycles. The number of halogens is 1. The van der Waals surface area contributed by atoms with Crippen molar-refractivity contribution in [3.05, 3.63) is 0 Å². The van der Waals surface area contributed by atoms with Crippen LogP contribution < -0.4 is 5.90 Å². The van der Waals surface area contributed by atoms with Crippen LogP contribution in [0.1, 0.15) is 41.0 Å². The largest absolute Gasteiger partial charge is 0.304 e. The van der Waals surface area contributed by atoms with E-state index in [4.69, 9.17) is 10.7 Å². The van der Waals surface area contributed by atoms with Crippen LogP contribution in [0.4, 0.5) is 0 Å². The molecule has 0 spiro atoms. The summed E-state index contributed by atoms with van der Waals surface area (Å²) in [5.74, 6) is 7.50. The van der Waals surface area contributed by atoms with Gasteiger partial charge in [0, 0.05) is 36.1 Å².